The van der Waals surface area contributed by atoms with Crippen LogP contribution in [-0.4, -0.2) is 6.29 Å². The van der Waals surface area contributed by atoms with Crippen LogP contribution in [0.2, 0.25) is 0 Å². The van der Waals surface area contributed by atoms with Gasteiger partial charge in [-0.1, -0.05) is 66.0 Å². The van der Waals surface area contributed by atoms with Crippen molar-refractivity contribution < 1.29 is 4.79 Å². The van der Waals surface area contributed by atoms with Crippen molar-refractivity contribution in [1.82, 2.24) is 0 Å². The molecule has 0 aromatic heterocycles. The number of carbonyl (C=O) groups is 1. The van der Waals surface area contributed by atoms with E-state index in [2.05, 4.69) is 46.8 Å². The van der Waals surface area contributed by atoms with Crippen molar-refractivity contribution in [1.29, 1.82) is 0 Å². The minimum atomic E-state index is 0.262. The van der Waals surface area contributed by atoms with Gasteiger partial charge in [0.1, 0.15) is 6.29 Å². The van der Waals surface area contributed by atoms with Crippen molar-refractivity contribution in [2.24, 2.45) is 46.3 Å². The van der Waals surface area contributed by atoms with Gasteiger partial charge in [0.2, 0.25) is 0 Å². The Morgan fingerprint density at radius 2 is 1.86 bits per heavy atom. The quantitative estimate of drug-likeness (QED) is 0.438. The van der Waals surface area contributed by atoms with Gasteiger partial charge in [0.25, 0.3) is 0 Å². The molecule has 0 N–H and O–H groups in total. The molecule has 4 aliphatic rings. The Kier molecular flexibility index (Phi) is 5.43. The Morgan fingerprint density at radius 3 is 2.57 bits per heavy atom. The van der Waals surface area contributed by atoms with E-state index in [1.54, 1.807) is 0 Å². The van der Waals surface area contributed by atoms with Gasteiger partial charge in [-0.2, -0.15) is 0 Å². The number of carbonyl (C=O) groups excluding carboxylic acids is 1. The van der Waals surface area contributed by atoms with Crippen molar-refractivity contribution >= 4 is 6.29 Å². The topological polar surface area (TPSA) is 17.1 Å². The van der Waals surface area contributed by atoms with Gasteiger partial charge in [-0.15, -0.1) is 0 Å². The first-order valence-electron chi connectivity index (χ1n) is 12.2. The summed E-state index contributed by atoms with van der Waals surface area (Å²) in [5, 5.41) is 0. The maximum Gasteiger partial charge on any atom is 0.146 e. The lowest BCUT2D eigenvalue weighted by atomic mass is 9.53. The van der Waals surface area contributed by atoms with Gasteiger partial charge in [-0.25, -0.2) is 0 Å². The fourth-order valence-electron chi connectivity index (χ4n) is 8.35. The second kappa shape index (κ2) is 7.44. The Morgan fingerprint density at radius 1 is 1.07 bits per heavy atom. The molecule has 0 spiro atoms. The van der Waals surface area contributed by atoms with Crippen LogP contribution in [0.15, 0.2) is 23.3 Å². The summed E-state index contributed by atoms with van der Waals surface area (Å²) in [7, 11) is 0. The van der Waals surface area contributed by atoms with Crippen LogP contribution in [0.25, 0.3) is 0 Å². The summed E-state index contributed by atoms with van der Waals surface area (Å²) in [4.78, 5) is 12.3. The molecule has 1 nitrogen and oxygen atoms in total. The lowest BCUT2D eigenvalue weighted by molar-refractivity contribution is -0.106. The molecular weight excluding hydrogens is 340 g/mol. The van der Waals surface area contributed by atoms with E-state index >= 15 is 0 Å². The predicted octanol–water partition coefficient (Wildman–Crippen LogP) is 7.37. The Labute approximate surface area is 173 Å². The number of hydrogen-bond donors (Lipinski definition) is 0. The number of rotatable bonds is 6. The summed E-state index contributed by atoms with van der Waals surface area (Å²) in [6.45, 7) is 12.3. The van der Waals surface area contributed by atoms with Crippen LogP contribution < -0.4 is 0 Å². The van der Waals surface area contributed by atoms with E-state index in [1.807, 2.05) is 0 Å². The standard InChI is InChI=1S/C27H42O/c1-18(2)9-8-10-19(3)21-12-13-23-25-20(17-28)22-11-6-7-15-26(22,4)24(25)14-16-27(21,23)5/h6,11,17-19,21,23-25H,7-10,12-16H2,1-5H3/t19-,21-,23?,24?,25?,26+,27-/m1/s1. The van der Waals surface area contributed by atoms with Gasteiger partial charge in [-0.3, -0.25) is 4.79 Å². The SMILES string of the molecule is CC(C)CCC[C@@H](C)[C@H]1CCC2C3C(C=O)=C4C=CCC[C@]4(C)C3CC[C@@]21C. The van der Waals surface area contributed by atoms with Gasteiger partial charge in [-0.05, 0) is 96.0 Å². The molecule has 4 aliphatic carbocycles. The molecule has 0 amide bonds. The predicted molar refractivity (Wildman–Crippen MR) is 118 cm³/mol. The lowest BCUT2D eigenvalue weighted by Gasteiger charge is -2.51. The van der Waals surface area contributed by atoms with Gasteiger partial charge in [0.15, 0.2) is 0 Å². The van der Waals surface area contributed by atoms with Crippen molar-refractivity contribution in [2.45, 2.75) is 92.4 Å². The average Bonchev–Trinajstić information content (AvgIpc) is 3.12. The molecule has 2 fully saturated rings. The highest BCUT2D eigenvalue weighted by Crippen LogP contribution is 2.69. The third kappa shape index (κ3) is 2.98. The molecular formula is C27H42O. The molecule has 0 heterocycles. The van der Waals surface area contributed by atoms with E-state index in [0.29, 0.717) is 17.3 Å². The second-order valence-electron chi connectivity index (χ2n) is 11.6. The highest BCUT2D eigenvalue weighted by atomic mass is 16.1. The molecule has 4 rings (SSSR count). The number of allylic oxidation sites excluding steroid dienone is 4. The summed E-state index contributed by atoms with van der Waals surface area (Å²) in [6, 6.07) is 0. The molecule has 1 heteroatoms. The first-order valence-corrected chi connectivity index (χ1v) is 12.2. The van der Waals surface area contributed by atoms with E-state index in [9.17, 15) is 4.79 Å². The molecule has 0 aromatic rings. The summed E-state index contributed by atoms with van der Waals surface area (Å²) in [5.41, 5.74) is 3.33. The molecule has 156 valence electrons. The van der Waals surface area contributed by atoms with Crippen LogP contribution in [0.1, 0.15) is 92.4 Å². The first-order chi connectivity index (χ1) is 13.3. The molecule has 28 heavy (non-hydrogen) atoms. The van der Waals surface area contributed by atoms with E-state index in [1.165, 1.54) is 75.2 Å². The van der Waals surface area contributed by atoms with Crippen molar-refractivity contribution in [3.8, 4) is 0 Å². The van der Waals surface area contributed by atoms with Crippen LogP contribution in [0.4, 0.5) is 0 Å². The zero-order chi connectivity index (χ0) is 20.1. The van der Waals surface area contributed by atoms with E-state index in [-0.39, 0.29) is 5.41 Å². The first kappa shape index (κ1) is 20.4. The molecule has 2 saturated carbocycles. The third-order valence-corrected chi connectivity index (χ3v) is 9.82. The highest BCUT2D eigenvalue weighted by Gasteiger charge is 2.61. The van der Waals surface area contributed by atoms with Crippen LogP contribution >= 0.6 is 0 Å². The molecule has 0 aliphatic heterocycles. The Bertz CT molecular complexity index is 670. The zero-order valence-corrected chi connectivity index (χ0v) is 19.0. The van der Waals surface area contributed by atoms with Crippen molar-refractivity contribution in [3.05, 3.63) is 23.3 Å². The van der Waals surface area contributed by atoms with E-state index < -0.39 is 0 Å². The molecule has 0 aromatic carbocycles. The number of hydrogen-bond acceptors (Lipinski definition) is 1. The van der Waals surface area contributed by atoms with Crippen molar-refractivity contribution in [3.63, 3.8) is 0 Å². The summed E-state index contributed by atoms with van der Waals surface area (Å²) in [6.07, 6.45) is 17.9. The molecule has 0 radical (unpaired) electrons. The van der Waals surface area contributed by atoms with Crippen LogP contribution in [0.3, 0.4) is 0 Å². The maximum atomic E-state index is 12.3. The summed E-state index contributed by atoms with van der Waals surface area (Å²) in [5.74, 6) is 4.48. The fraction of sp³-hybridized carbons (Fsp3) is 0.815. The summed E-state index contributed by atoms with van der Waals surface area (Å²) >= 11 is 0. The van der Waals surface area contributed by atoms with Crippen LogP contribution in [0.5, 0.6) is 0 Å². The van der Waals surface area contributed by atoms with Crippen LogP contribution in [0, 0.1) is 46.3 Å². The van der Waals surface area contributed by atoms with Gasteiger partial charge in [0.05, 0.1) is 0 Å². The van der Waals surface area contributed by atoms with Gasteiger partial charge in [0, 0.05) is 0 Å². The smallest absolute Gasteiger partial charge is 0.146 e. The average molecular weight is 383 g/mol. The van der Waals surface area contributed by atoms with Gasteiger partial charge >= 0.3 is 0 Å². The maximum absolute atomic E-state index is 12.3. The molecule has 3 unspecified atom stereocenters. The molecule has 0 bridgehead atoms. The minimum absolute atomic E-state index is 0.262. The van der Waals surface area contributed by atoms with Crippen LogP contribution in [-0.2, 0) is 4.79 Å². The molecule has 0 saturated heterocycles. The Balaban J connectivity index is 1.58. The fourth-order valence-corrected chi connectivity index (χ4v) is 8.35. The van der Waals surface area contributed by atoms with E-state index in [4.69, 9.17) is 0 Å². The lowest BCUT2D eigenvalue weighted by Crippen LogP contribution is -2.45. The number of aldehydes is 1. The zero-order valence-electron chi connectivity index (χ0n) is 19.0. The normalized spacial score (nSPS) is 43.1. The number of fused-ring (bicyclic) bond motifs is 5. The molecule has 7 atom stereocenters. The van der Waals surface area contributed by atoms with E-state index in [0.717, 1.165) is 23.7 Å². The largest absolute Gasteiger partial charge is 0.298 e. The minimum Gasteiger partial charge on any atom is -0.298 e. The summed E-state index contributed by atoms with van der Waals surface area (Å²) < 4.78 is 0. The monoisotopic (exact) mass is 382 g/mol. The van der Waals surface area contributed by atoms with Crippen molar-refractivity contribution in [2.75, 3.05) is 0 Å². The van der Waals surface area contributed by atoms with Gasteiger partial charge < -0.3 is 0 Å². The second-order valence-corrected chi connectivity index (χ2v) is 11.6. The Hall–Kier alpha value is -0.850. The highest BCUT2D eigenvalue weighted by molar-refractivity contribution is 5.79. The third-order valence-electron chi connectivity index (χ3n) is 9.82.